The Bertz CT molecular complexity index is 1100. The first-order valence-corrected chi connectivity index (χ1v) is 14.8. The number of aromatic amines is 1. The van der Waals surface area contributed by atoms with Gasteiger partial charge in [0.1, 0.15) is 17.0 Å². The Kier molecular flexibility index (Phi) is 5.50. The van der Waals surface area contributed by atoms with Crippen molar-refractivity contribution in [2.24, 2.45) is 5.92 Å². The van der Waals surface area contributed by atoms with Crippen LogP contribution >= 0.6 is 10.0 Å². The maximum atomic E-state index is 9.12. The van der Waals surface area contributed by atoms with Crippen LogP contribution in [0.2, 0.25) is 0 Å². The summed E-state index contributed by atoms with van der Waals surface area (Å²) in [6.45, 7) is 0. The molecule has 2 aliphatic carbocycles. The molecule has 2 fully saturated rings. The number of imidazole rings is 1. The first-order chi connectivity index (χ1) is 15.0. The number of pyridine rings is 1. The lowest BCUT2D eigenvalue weighted by atomic mass is 9.83. The van der Waals surface area contributed by atoms with Crippen LogP contribution in [-0.2, 0) is 0 Å². The van der Waals surface area contributed by atoms with Gasteiger partial charge in [-0.15, -0.1) is 0 Å². The maximum absolute atomic E-state index is 9.12. The van der Waals surface area contributed by atoms with Gasteiger partial charge in [-0.1, -0.05) is 0 Å². The molecule has 0 spiro atoms. The Morgan fingerprint density at radius 2 is 1.84 bits per heavy atom. The zero-order valence-corrected chi connectivity index (χ0v) is 19.9. The molecule has 5 rings (SSSR count). The van der Waals surface area contributed by atoms with Crippen molar-refractivity contribution >= 4 is 32.1 Å². The second kappa shape index (κ2) is 8.16. The molecule has 2 aliphatic rings. The minimum Gasteiger partial charge on any atom is -0.346 e. The highest BCUT2D eigenvalue weighted by molar-refractivity contribution is 8.32. The van der Waals surface area contributed by atoms with Crippen molar-refractivity contribution in [3.05, 3.63) is 24.3 Å². The van der Waals surface area contributed by atoms with Crippen LogP contribution < -0.4 is 0 Å². The van der Waals surface area contributed by atoms with Crippen molar-refractivity contribution in [3.63, 3.8) is 0 Å². The van der Waals surface area contributed by atoms with E-state index in [-0.39, 0.29) is 0 Å². The van der Waals surface area contributed by atoms with Gasteiger partial charge in [-0.05, 0) is 87.4 Å². The Morgan fingerprint density at radius 3 is 2.52 bits per heavy atom. The van der Waals surface area contributed by atoms with Gasteiger partial charge in [0.05, 0.1) is 17.8 Å². The smallest absolute Gasteiger partial charge is 0.139 e. The normalized spacial score (nSPS) is 28.1. The first-order valence-electron chi connectivity index (χ1n) is 11.8. The average Bonchev–Trinajstić information content (AvgIpc) is 3.38. The molecule has 0 aromatic carbocycles. The number of hydrogen-bond acceptors (Lipinski definition) is 3. The summed E-state index contributed by atoms with van der Waals surface area (Å²) in [5.74, 6) is 2.42. The van der Waals surface area contributed by atoms with Gasteiger partial charge < -0.3 is 9.55 Å². The molecule has 2 saturated carbocycles. The number of aromatic nitrogens is 4. The van der Waals surface area contributed by atoms with E-state index < -0.39 is 10.0 Å². The maximum Gasteiger partial charge on any atom is 0.139 e. The summed E-state index contributed by atoms with van der Waals surface area (Å²) in [4.78, 5) is 13.1. The Balaban J connectivity index is 1.53. The molecule has 0 aliphatic heterocycles. The number of H-pyrrole nitrogens is 1. The van der Waals surface area contributed by atoms with Crippen molar-refractivity contribution in [3.8, 4) is 6.07 Å². The van der Waals surface area contributed by atoms with Gasteiger partial charge in [0.2, 0.25) is 0 Å². The topological polar surface area (TPSA) is 70.3 Å². The number of nitriles is 1. The summed E-state index contributed by atoms with van der Waals surface area (Å²) in [5.41, 5.74) is 3.27. The molecule has 3 heterocycles. The molecular weight excluding hydrogens is 402 g/mol. The summed E-state index contributed by atoms with van der Waals surface area (Å²) in [7, 11) is -0.487. The van der Waals surface area contributed by atoms with Crippen LogP contribution in [0.25, 0.3) is 22.1 Å². The molecule has 1 N–H and O–H groups in total. The van der Waals surface area contributed by atoms with E-state index in [4.69, 9.17) is 10.2 Å². The van der Waals surface area contributed by atoms with E-state index in [1.54, 1.807) is 0 Å². The third-order valence-electron chi connectivity index (χ3n) is 7.86. The van der Waals surface area contributed by atoms with Gasteiger partial charge in [-0.2, -0.15) is 5.26 Å². The highest BCUT2D eigenvalue weighted by Gasteiger charge is 2.33. The van der Waals surface area contributed by atoms with Gasteiger partial charge in [0, 0.05) is 30.0 Å². The molecular formula is C25H35N5S. The largest absolute Gasteiger partial charge is 0.346 e. The molecule has 0 amide bonds. The minimum absolute atomic E-state index is 0.487. The van der Waals surface area contributed by atoms with E-state index in [2.05, 4.69) is 45.4 Å². The molecule has 0 atom stereocenters. The lowest BCUT2D eigenvalue weighted by Crippen LogP contribution is -2.26. The Hall–Kier alpha value is -2.00. The Labute approximate surface area is 187 Å². The summed E-state index contributed by atoms with van der Waals surface area (Å²) in [6.07, 6.45) is 21.9. The molecule has 0 saturated heterocycles. The number of nitrogens with zero attached hydrogens (tertiary/aromatic N) is 4. The van der Waals surface area contributed by atoms with E-state index in [0.717, 1.165) is 42.1 Å². The van der Waals surface area contributed by atoms with E-state index >= 15 is 0 Å². The predicted octanol–water partition coefficient (Wildman–Crippen LogP) is 6.28. The summed E-state index contributed by atoms with van der Waals surface area (Å²) >= 11 is 0. The number of fused-ring (bicyclic) bond motifs is 3. The second-order valence-corrected chi connectivity index (χ2v) is 15.0. The van der Waals surface area contributed by atoms with Crippen LogP contribution in [0.15, 0.2) is 18.5 Å². The molecule has 166 valence electrons. The quantitative estimate of drug-likeness (QED) is 0.522. The lowest BCUT2D eigenvalue weighted by Gasteiger charge is -2.41. The SMILES string of the molecule is CS(C)(C)C1CCC(c2nc3cnc4[nH]ccc4c3n2C2CCC(CC#N)CC2)CC1. The standard InChI is InChI=1S/C25H35N5S/c1-31(2,3)20-10-6-18(7-11-20)25-29-22-16-28-24-21(13-15-27-24)23(22)30(25)19-8-4-17(5-9-19)12-14-26/h13,15-20H,4-12H2,1-3H3,(H,27,28). The highest BCUT2D eigenvalue weighted by Crippen LogP contribution is 2.51. The fourth-order valence-electron chi connectivity index (χ4n) is 6.03. The molecule has 3 aromatic rings. The van der Waals surface area contributed by atoms with Crippen molar-refractivity contribution < 1.29 is 0 Å². The third-order valence-corrected chi connectivity index (χ3v) is 10.3. The van der Waals surface area contributed by atoms with Crippen molar-refractivity contribution in [2.45, 2.75) is 75.0 Å². The summed E-state index contributed by atoms with van der Waals surface area (Å²) in [5, 5.41) is 11.2. The third kappa shape index (κ3) is 3.86. The zero-order valence-electron chi connectivity index (χ0n) is 19.1. The molecule has 0 unspecified atom stereocenters. The van der Waals surface area contributed by atoms with E-state index in [1.165, 1.54) is 42.4 Å². The monoisotopic (exact) mass is 437 g/mol. The summed E-state index contributed by atoms with van der Waals surface area (Å²) in [6, 6.07) is 5.04. The van der Waals surface area contributed by atoms with Crippen LogP contribution in [0.5, 0.6) is 0 Å². The molecule has 0 bridgehead atoms. The first kappa shape index (κ1) is 20.9. The zero-order chi connectivity index (χ0) is 21.6. The van der Waals surface area contributed by atoms with Crippen LogP contribution in [0.4, 0.5) is 0 Å². The molecule has 5 nitrogen and oxygen atoms in total. The average molecular weight is 438 g/mol. The molecule has 0 radical (unpaired) electrons. The summed E-state index contributed by atoms with van der Waals surface area (Å²) < 4.78 is 2.62. The number of rotatable bonds is 4. The highest BCUT2D eigenvalue weighted by atomic mass is 32.3. The van der Waals surface area contributed by atoms with E-state index in [1.807, 2.05) is 12.4 Å². The second-order valence-electron chi connectivity index (χ2n) is 10.5. The fraction of sp³-hybridized carbons (Fsp3) is 0.640. The van der Waals surface area contributed by atoms with E-state index in [0.29, 0.717) is 24.3 Å². The van der Waals surface area contributed by atoms with Crippen LogP contribution in [0.3, 0.4) is 0 Å². The predicted molar refractivity (Wildman–Crippen MR) is 131 cm³/mol. The number of nitrogens with one attached hydrogen (secondary N) is 1. The number of hydrogen-bond donors (Lipinski definition) is 1. The van der Waals surface area contributed by atoms with Gasteiger partial charge in [0.15, 0.2) is 0 Å². The van der Waals surface area contributed by atoms with Crippen molar-refractivity contribution in [2.75, 3.05) is 18.8 Å². The molecule has 6 heteroatoms. The van der Waals surface area contributed by atoms with Gasteiger partial charge in [-0.25, -0.2) is 20.0 Å². The molecule has 3 aromatic heterocycles. The van der Waals surface area contributed by atoms with Crippen molar-refractivity contribution in [1.82, 2.24) is 19.5 Å². The van der Waals surface area contributed by atoms with Gasteiger partial charge in [-0.3, -0.25) is 0 Å². The Morgan fingerprint density at radius 1 is 1.10 bits per heavy atom. The van der Waals surface area contributed by atoms with Gasteiger partial charge >= 0.3 is 0 Å². The van der Waals surface area contributed by atoms with Crippen LogP contribution in [0, 0.1) is 17.2 Å². The van der Waals surface area contributed by atoms with Crippen LogP contribution in [-0.4, -0.2) is 43.5 Å². The van der Waals surface area contributed by atoms with Crippen molar-refractivity contribution in [1.29, 1.82) is 5.26 Å². The fourth-order valence-corrected chi connectivity index (χ4v) is 7.72. The van der Waals surface area contributed by atoms with E-state index in [9.17, 15) is 0 Å². The lowest BCUT2D eigenvalue weighted by molar-refractivity contribution is 0.272. The molecule has 31 heavy (non-hydrogen) atoms. The van der Waals surface area contributed by atoms with Crippen LogP contribution in [0.1, 0.15) is 75.6 Å². The minimum atomic E-state index is -0.487. The van der Waals surface area contributed by atoms with Gasteiger partial charge in [0.25, 0.3) is 0 Å².